The number of hydrogen-bond acceptors (Lipinski definition) is 13. The number of azide groups is 1. The van der Waals surface area contributed by atoms with E-state index in [2.05, 4.69) is 30.1 Å². The minimum Gasteiger partial charge on any atom is -0.479 e. The lowest BCUT2D eigenvalue weighted by molar-refractivity contribution is -0.141. The summed E-state index contributed by atoms with van der Waals surface area (Å²) in [5, 5.41) is 17.5. The number of nitrogen functional groups attached to an aromatic ring is 1. The van der Waals surface area contributed by atoms with Gasteiger partial charge in [-0.1, -0.05) is 23.3 Å². The fraction of sp³-hybridized carbons (Fsp3) is 0.455. The van der Waals surface area contributed by atoms with E-state index < -0.39 is 50.8 Å². The Kier molecular flexibility index (Phi) is 8.73. The number of esters is 1. The molecule has 1 aromatic carbocycles. The summed E-state index contributed by atoms with van der Waals surface area (Å²) in [5.74, 6) is -0.485. The number of imidazole rings is 1. The zero-order chi connectivity index (χ0) is 28.9. The average Bonchev–Trinajstić information content (AvgIpc) is 3.45. The molecule has 3 aromatic rings. The summed E-state index contributed by atoms with van der Waals surface area (Å²) in [6.07, 6.45) is -2.45. The second kappa shape index (κ2) is 12.0. The monoisotopic (exact) mass is 577 g/mol. The third-order valence-corrected chi connectivity index (χ3v) is 7.45. The van der Waals surface area contributed by atoms with Crippen LogP contribution in [0.25, 0.3) is 21.6 Å². The van der Waals surface area contributed by atoms with E-state index in [1.54, 1.807) is 37.3 Å². The predicted octanol–water partition coefficient (Wildman–Crippen LogP) is 2.10. The summed E-state index contributed by atoms with van der Waals surface area (Å²) in [6, 6.07) is 8.14. The van der Waals surface area contributed by atoms with E-state index >= 15 is 0 Å². The number of fused-ring (bicyclic) bond motifs is 1. The van der Waals surface area contributed by atoms with Crippen LogP contribution in [0.15, 0.2) is 41.8 Å². The molecule has 1 aliphatic rings. The Morgan fingerprint density at radius 1 is 1.38 bits per heavy atom. The number of methoxy groups -OCH3 is 1. The van der Waals surface area contributed by atoms with Crippen molar-refractivity contribution in [3.8, 4) is 11.6 Å². The van der Waals surface area contributed by atoms with Gasteiger partial charge in [-0.25, -0.2) is 14.6 Å². The molecule has 4 rings (SSSR count). The molecule has 1 aliphatic heterocycles. The number of ether oxygens (including phenoxy) is 3. The van der Waals surface area contributed by atoms with Gasteiger partial charge < -0.3 is 29.6 Å². The fourth-order valence-electron chi connectivity index (χ4n) is 4.07. The number of aliphatic hydroxyl groups is 1. The fourth-order valence-corrected chi connectivity index (χ4v) is 5.35. The largest absolute Gasteiger partial charge is 0.479 e. The summed E-state index contributed by atoms with van der Waals surface area (Å²) in [7, 11) is -2.82. The van der Waals surface area contributed by atoms with Gasteiger partial charge in [-0.15, -0.1) is 0 Å². The Labute approximate surface area is 227 Å². The first-order valence-electron chi connectivity index (χ1n) is 12.0. The van der Waals surface area contributed by atoms with Gasteiger partial charge in [0.15, 0.2) is 17.4 Å². The van der Waals surface area contributed by atoms with Crippen molar-refractivity contribution in [3.05, 3.63) is 47.1 Å². The summed E-state index contributed by atoms with van der Waals surface area (Å²) < 4.78 is 42.3. The first-order valence-corrected chi connectivity index (χ1v) is 13.5. The van der Waals surface area contributed by atoms with E-state index in [1.807, 2.05) is 0 Å². The standard InChI is InChI=1S/C22H28N9O8P/c1-4-36-15(32)10-26-40(34,39-13-8-6-5-7-9-13)37-11-14-17(33)22(2,29-30-24)20(38-14)31-12-25-16-18(31)27-21(23)28-19(16)35-3/h5-9,12,14,17,20,33H,4,10-11H2,1-3H3,(H,26,34)(H2,23,27,28)/t14-,17-,20-,22-,40?/m1/s1. The minimum atomic E-state index is -4.21. The van der Waals surface area contributed by atoms with Crippen molar-refractivity contribution in [1.82, 2.24) is 24.6 Å². The Balaban J connectivity index is 1.61. The van der Waals surface area contributed by atoms with Crippen molar-refractivity contribution in [2.45, 2.75) is 37.8 Å². The number of nitrogens with zero attached hydrogens (tertiary/aromatic N) is 7. The lowest BCUT2D eigenvalue weighted by atomic mass is 9.93. The first-order chi connectivity index (χ1) is 19.1. The van der Waals surface area contributed by atoms with E-state index in [0.29, 0.717) is 0 Å². The van der Waals surface area contributed by atoms with Gasteiger partial charge in [0.1, 0.15) is 23.9 Å². The van der Waals surface area contributed by atoms with Crippen LogP contribution in [0.1, 0.15) is 20.1 Å². The molecule has 5 atom stereocenters. The average molecular weight is 577 g/mol. The number of nitrogens with one attached hydrogen (secondary N) is 1. The zero-order valence-corrected chi connectivity index (χ0v) is 22.7. The van der Waals surface area contributed by atoms with Gasteiger partial charge in [-0.2, -0.15) is 9.97 Å². The predicted molar refractivity (Wildman–Crippen MR) is 139 cm³/mol. The maximum absolute atomic E-state index is 13.6. The maximum atomic E-state index is 13.6. The molecule has 40 heavy (non-hydrogen) atoms. The van der Waals surface area contributed by atoms with E-state index in [1.165, 1.54) is 24.9 Å². The molecule has 0 spiro atoms. The molecule has 0 saturated carbocycles. The highest BCUT2D eigenvalue weighted by atomic mass is 31.2. The number of rotatable bonds is 12. The van der Waals surface area contributed by atoms with Crippen LogP contribution < -0.4 is 20.1 Å². The molecule has 1 fully saturated rings. The van der Waals surface area contributed by atoms with E-state index in [4.69, 9.17) is 29.0 Å². The molecular formula is C22H28N9O8P. The SMILES string of the molecule is CCOC(=O)CNP(=O)(OC[C@H]1O[C@@H](n2cnc3c(OC)nc(N)nc32)[C@](C)(N=[N+]=[N-])[C@@H]1O)Oc1ccccc1. The van der Waals surface area contributed by atoms with Crippen LogP contribution in [-0.2, 0) is 23.4 Å². The number of nitrogens with two attached hydrogens (primary N) is 1. The number of para-hydroxylation sites is 1. The van der Waals surface area contributed by atoms with E-state index in [-0.39, 0.29) is 35.3 Å². The van der Waals surface area contributed by atoms with Crippen molar-refractivity contribution >= 4 is 30.8 Å². The van der Waals surface area contributed by atoms with Crippen molar-refractivity contribution in [1.29, 1.82) is 0 Å². The first kappa shape index (κ1) is 29.0. The molecule has 3 heterocycles. The molecule has 214 valence electrons. The maximum Gasteiger partial charge on any atom is 0.459 e. The highest BCUT2D eigenvalue weighted by Gasteiger charge is 2.55. The second-order valence-corrected chi connectivity index (χ2v) is 10.4. The second-order valence-electron chi connectivity index (χ2n) is 8.64. The van der Waals surface area contributed by atoms with Crippen molar-refractivity contribution < 1.29 is 37.7 Å². The van der Waals surface area contributed by atoms with Gasteiger partial charge >= 0.3 is 13.7 Å². The van der Waals surface area contributed by atoms with E-state index in [9.17, 15) is 20.0 Å². The van der Waals surface area contributed by atoms with Crippen molar-refractivity contribution in [2.75, 3.05) is 32.6 Å². The summed E-state index contributed by atoms with van der Waals surface area (Å²) in [4.78, 5) is 27.2. The molecule has 0 radical (unpaired) electrons. The molecule has 4 N–H and O–H groups in total. The molecule has 1 saturated heterocycles. The summed E-state index contributed by atoms with van der Waals surface area (Å²) >= 11 is 0. The Hall–Kier alpha value is -3.98. The number of aromatic nitrogens is 4. The van der Waals surface area contributed by atoms with Gasteiger partial charge in [0.25, 0.3) is 0 Å². The molecule has 0 amide bonds. The molecule has 0 bridgehead atoms. The number of aliphatic hydroxyl groups excluding tert-OH is 1. The molecule has 2 aromatic heterocycles. The lowest BCUT2D eigenvalue weighted by Gasteiger charge is -2.28. The molecule has 17 nitrogen and oxygen atoms in total. The zero-order valence-electron chi connectivity index (χ0n) is 21.8. The summed E-state index contributed by atoms with van der Waals surface area (Å²) in [6.45, 7) is 2.24. The normalized spacial score (nSPS) is 23.8. The highest BCUT2D eigenvalue weighted by Crippen LogP contribution is 2.47. The third-order valence-electron chi connectivity index (χ3n) is 5.97. The van der Waals surface area contributed by atoms with Crippen LogP contribution in [0, 0.1) is 0 Å². The van der Waals surface area contributed by atoms with Gasteiger partial charge in [0, 0.05) is 4.91 Å². The Morgan fingerprint density at radius 2 is 2.12 bits per heavy atom. The van der Waals surface area contributed by atoms with Crippen LogP contribution in [0.3, 0.4) is 0 Å². The van der Waals surface area contributed by atoms with Gasteiger partial charge in [0.05, 0.1) is 32.8 Å². The molecule has 1 unspecified atom stereocenters. The Bertz CT molecular complexity index is 1450. The highest BCUT2D eigenvalue weighted by molar-refractivity contribution is 7.52. The van der Waals surface area contributed by atoms with Crippen LogP contribution in [-0.4, -0.2) is 75.2 Å². The third kappa shape index (κ3) is 5.94. The molecule has 0 aliphatic carbocycles. The molecule has 18 heteroatoms. The Morgan fingerprint density at radius 3 is 2.80 bits per heavy atom. The number of carbonyl (C=O) groups is 1. The summed E-state index contributed by atoms with van der Waals surface area (Å²) in [5.41, 5.74) is 13.9. The number of hydrogen-bond donors (Lipinski definition) is 3. The van der Waals surface area contributed by atoms with Gasteiger partial charge in [-0.3, -0.25) is 13.9 Å². The number of benzene rings is 1. The quantitative estimate of drug-likeness (QED) is 0.0921. The lowest BCUT2D eigenvalue weighted by Crippen LogP contribution is -2.42. The number of anilines is 1. The van der Waals surface area contributed by atoms with Gasteiger partial charge in [-0.05, 0) is 31.5 Å². The van der Waals surface area contributed by atoms with Crippen LogP contribution in [0.4, 0.5) is 5.95 Å². The van der Waals surface area contributed by atoms with Crippen molar-refractivity contribution in [3.63, 3.8) is 0 Å². The van der Waals surface area contributed by atoms with Crippen LogP contribution in [0.2, 0.25) is 0 Å². The topological polar surface area (TPSA) is 231 Å². The van der Waals surface area contributed by atoms with E-state index in [0.717, 1.165) is 0 Å². The van der Waals surface area contributed by atoms with Gasteiger partial charge in [0.2, 0.25) is 11.8 Å². The minimum absolute atomic E-state index is 0.108. The van der Waals surface area contributed by atoms with Crippen molar-refractivity contribution in [2.24, 2.45) is 5.11 Å². The molecular weight excluding hydrogens is 549 g/mol. The smallest absolute Gasteiger partial charge is 0.459 e. The van der Waals surface area contributed by atoms with Crippen LogP contribution in [0.5, 0.6) is 11.6 Å². The van der Waals surface area contributed by atoms with Crippen LogP contribution >= 0.6 is 7.75 Å². The number of carbonyl (C=O) groups excluding carboxylic acids is 1.